The highest BCUT2D eigenvalue weighted by molar-refractivity contribution is 5.83. The average molecular weight is 384 g/mol. The summed E-state index contributed by atoms with van der Waals surface area (Å²) in [6, 6.07) is 3.84. The number of nitrogens with one attached hydrogen (secondary N) is 1. The van der Waals surface area contributed by atoms with E-state index < -0.39 is 0 Å². The van der Waals surface area contributed by atoms with Gasteiger partial charge in [0.2, 0.25) is 17.7 Å². The molecule has 0 aliphatic carbocycles. The summed E-state index contributed by atoms with van der Waals surface area (Å²) >= 11 is 0. The molecule has 0 bridgehead atoms. The van der Waals surface area contributed by atoms with Crippen molar-refractivity contribution in [2.75, 3.05) is 26.2 Å². The van der Waals surface area contributed by atoms with E-state index in [0.717, 1.165) is 31.4 Å². The van der Waals surface area contributed by atoms with E-state index in [9.17, 15) is 9.59 Å². The van der Waals surface area contributed by atoms with Crippen molar-refractivity contribution in [3.05, 3.63) is 35.7 Å². The molecule has 1 N–H and O–H groups in total. The van der Waals surface area contributed by atoms with Crippen LogP contribution in [0.3, 0.4) is 0 Å². The van der Waals surface area contributed by atoms with Crippen LogP contribution in [0.4, 0.5) is 0 Å². The Kier molecular flexibility index (Phi) is 5.24. The maximum atomic E-state index is 12.5. The van der Waals surface area contributed by atoms with Crippen LogP contribution in [-0.4, -0.2) is 64.9 Å². The molecular weight excluding hydrogens is 356 g/mol. The number of piperidine rings is 1. The van der Waals surface area contributed by atoms with E-state index in [0.29, 0.717) is 25.5 Å². The minimum absolute atomic E-state index is 0.0273. The Morgan fingerprint density at radius 2 is 2.07 bits per heavy atom. The maximum Gasteiger partial charge on any atom is 0.245 e. The van der Waals surface area contributed by atoms with Crippen LogP contribution in [0.1, 0.15) is 44.6 Å². The van der Waals surface area contributed by atoms with Gasteiger partial charge >= 0.3 is 0 Å². The van der Waals surface area contributed by atoms with Gasteiger partial charge in [0.15, 0.2) is 0 Å². The monoisotopic (exact) mass is 384 g/mol. The number of carbonyl (C=O) groups is 2. The first-order chi connectivity index (χ1) is 13.5. The molecule has 4 heterocycles. The fourth-order valence-corrected chi connectivity index (χ4v) is 4.24. The fourth-order valence-electron chi connectivity index (χ4n) is 4.24. The van der Waals surface area contributed by atoms with Gasteiger partial charge in [0, 0.05) is 37.7 Å². The quantitative estimate of drug-likeness (QED) is 0.855. The van der Waals surface area contributed by atoms with Crippen LogP contribution in [-0.2, 0) is 9.59 Å². The highest BCUT2D eigenvalue weighted by Crippen LogP contribution is 2.33. The number of likely N-dealkylation sites (tertiary alicyclic amines) is 2. The van der Waals surface area contributed by atoms with Crippen LogP contribution in [0.5, 0.6) is 5.88 Å². The second kappa shape index (κ2) is 7.81. The SMILES string of the molecule is CC(=O)N1CCCC(c2cccnc2OC2CN(C(=O)C3CC(C)=CN3)C2)C1. The molecule has 2 amide bonds. The summed E-state index contributed by atoms with van der Waals surface area (Å²) in [4.78, 5) is 32.5. The Bertz CT molecular complexity index is 788. The summed E-state index contributed by atoms with van der Waals surface area (Å²) in [5.74, 6) is 1.15. The first-order valence-electron chi connectivity index (χ1n) is 10.1. The summed E-state index contributed by atoms with van der Waals surface area (Å²) in [7, 11) is 0. The van der Waals surface area contributed by atoms with E-state index in [1.165, 1.54) is 5.57 Å². The lowest BCUT2D eigenvalue weighted by Gasteiger charge is -2.40. The largest absolute Gasteiger partial charge is 0.470 e. The average Bonchev–Trinajstić information content (AvgIpc) is 3.10. The number of pyridine rings is 1. The van der Waals surface area contributed by atoms with Gasteiger partial charge in [-0.3, -0.25) is 9.59 Å². The van der Waals surface area contributed by atoms with Crippen LogP contribution >= 0.6 is 0 Å². The molecule has 0 saturated carbocycles. The zero-order chi connectivity index (χ0) is 19.7. The predicted octanol–water partition coefficient (Wildman–Crippen LogP) is 1.66. The predicted molar refractivity (Wildman–Crippen MR) is 105 cm³/mol. The molecule has 1 aromatic rings. The van der Waals surface area contributed by atoms with E-state index in [2.05, 4.69) is 16.4 Å². The standard InChI is InChI=1S/C21H28N4O3/c1-14-9-19(23-10-14)21(27)25-12-17(13-25)28-20-18(6-3-7-22-20)16-5-4-8-24(11-16)15(2)26/h3,6-7,10,16-17,19,23H,4-5,8-9,11-13H2,1-2H3. The Hall–Kier alpha value is -2.57. The van der Waals surface area contributed by atoms with Crippen LogP contribution in [0, 0.1) is 0 Å². The van der Waals surface area contributed by atoms with Crippen molar-refractivity contribution < 1.29 is 14.3 Å². The Morgan fingerprint density at radius 3 is 2.79 bits per heavy atom. The second-order valence-electron chi connectivity index (χ2n) is 8.10. The number of rotatable bonds is 4. The summed E-state index contributed by atoms with van der Waals surface area (Å²) in [5, 5.41) is 3.15. The second-order valence-corrected chi connectivity index (χ2v) is 8.10. The lowest BCUT2D eigenvalue weighted by molar-refractivity contribution is -0.142. The number of hydrogen-bond acceptors (Lipinski definition) is 5. The minimum Gasteiger partial charge on any atom is -0.470 e. The van der Waals surface area contributed by atoms with Gasteiger partial charge in [-0.15, -0.1) is 0 Å². The number of ether oxygens (including phenoxy) is 1. The molecule has 150 valence electrons. The highest BCUT2D eigenvalue weighted by atomic mass is 16.5. The Morgan fingerprint density at radius 1 is 1.25 bits per heavy atom. The van der Waals surface area contributed by atoms with Crippen molar-refractivity contribution in [1.29, 1.82) is 0 Å². The third-order valence-corrected chi connectivity index (χ3v) is 5.90. The molecule has 2 fully saturated rings. The normalized spacial score (nSPS) is 25.0. The summed E-state index contributed by atoms with van der Waals surface area (Å²) < 4.78 is 6.15. The molecule has 0 aromatic carbocycles. The molecule has 7 heteroatoms. The summed E-state index contributed by atoms with van der Waals surface area (Å²) in [5.41, 5.74) is 2.27. The van der Waals surface area contributed by atoms with E-state index in [1.54, 1.807) is 13.1 Å². The maximum absolute atomic E-state index is 12.5. The van der Waals surface area contributed by atoms with Crippen molar-refractivity contribution in [3.63, 3.8) is 0 Å². The van der Waals surface area contributed by atoms with Crippen molar-refractivity contribution in [2.45, 2.75) is 51.2 Å². The van der Waals surface area contributed by atoms with E-state index in [4.69, 9.17) is 4.74 Å². The molecule has 2 unspecified atom stereocenters. The first-order valence-corrected chi connectivity index (χ1v) is 10.1. The van der Waals surface area contributed by atoms with Gasteiger partial charge in [0.1, 0.15) is 12.1 Å². The van der Waals surface area contributed by atoms with Crippen LogP contribution in [0.25, 0.3) is 0 Å². The molecule has 3 aliphatic heterocycles. The van der Waals surface area contributed by atoms with Gasteiger partial charge in [-0.1, -0.05) is 11.6 Å². The molecule has 4 rings (SSSR count). The zero-order valence-corrected chi connectivity index (χ0v) is 16.6. The molecule has 2 saturated heterocycles. The van der Waals surface area contributed by atoms with Gasteiger partial charge in [0.05, 0.1) is 13.1 Å². The Balaban J connectivity index is 1.35. The third-order valence-electron chi connectivity index (χ3n) is 5.90. The zero-order valence-electron chi connectivity index (χ0n) is 16.6. The number of hydrogen-bond donors (Lipinski definition) is 1. The molecule has 0 spiro atoms. The van der Waals surface area contributed by atoms with Gasteiger partial charge in [-0.25, -0.2) is 4.98 Å². The third kappa shape index (κ3) is 3.84. The van der Waals surface area contributed by atoms with E-state index >= 15 is 0 Å². The number of amides is 2. The lowest BCUT2D eigenvalue weighted by atomic mass is 9.91. The van der Waals surface area contributed by atoms with E-state index in [-0.39, 0.29) is 29.9 Å². The van der Waals surface area contributed by atoms with Crippen molar-refractivity contribution >= 4 is 11.8 Å². The molecule has 1 aromatic heterocycles. The topological polar surface area (TPSA) is 74.8 Å². The van der Waals surface area contributed by atoms with Crippen molar-refractivity contribution in [2.24, 2.45) is 0 Å². The number of carbonyl (C=O) groups excluding carboxylic acids is 2. The fraction of sp³-hybridized carbons (Fsp3) is 0.571. The number of nitrogens with zero attached hydrogens (tertiary/aromatic N) is 3. The summed E-state index contributed by atoms with van der Waals surface area (Å²) in [6.45, 7) is 6.38. The summed E-state index contributed by atoms with van der Waals surface area (Å²) in [6.07, 6.45) is 6.43. The van der Waals surface area contributed by atoms with Crippen LogP contribution < -0.4 is 10.1 Å². The Labute approximate surface area is 165 Å². The molecular formula is C21H28N4O3. The molecule has 7 nitrogen and oxygen atoms in total. The van der Waals surface area contributed by atoms with Crippen molar-refractivity contribution in [1.82, 2.24) is 20.1 Å². The smallest absolute Gasteiger partial charge is 0.245 e. The molecule has 28 heavy (non-hydrogen) atoms. The van der Waals surface area contributed by atoms with Gasteiger partial charge < -0.3 is 19.9 Å². The van der Waals surface area contributed by atoms with Crippen LogP contribution in [0.2, 0.25) is 0 Å². The lowest BCUT2D eigenvalue weighted by Crippen LogP contribution is -2.59. The molecule has 2 atom stereocenters. The van der Waals surface area contributed by atoms with Crippen molar-refractivity contribution in [3.8, 4) is 5.88 Å². The van der Waals surface area contributed by atoms with Crippen LogP contribution in [0.15, 0.2) is 30.1 Å². The number of aromatic nitrogens is 1. The molecule has 3 aliphatic rings. The molecule has 0 radical (unpaired) electrons. The minimum atomic E-state index is -0.133. The first kappa shape index (κ1) is 18.8. The highest BCUT2D eigenvalue weighted by Gasteiger charge is 2.37. The van der Waals surface area contributed by atoms with Gasteiger partial charge in [-0.05, 0) is 38.5 Å². The van der Waals surface area contributed by atoms with Gasteiger partial charge in [0.25, 0.3) is 0 Å². The van der Waals surface area contributed by atoms with Gasteiger partial charge in [-0.2, -0.15) is 0 Å². The van der Waals surface area contributed by atoms with E-state index in [1.807, 2.05) is 29.0 Å².